The predicted molar refractivity (Wildman–Crippen MR) is 87.5 cm³/mol. The van der Waals surface area contributed by atoms with Gasteiger partial charge in [-0.2, -0.15) is 0 Å². The molecule has 0 aliphatic carbocycles. The molecule has 1 amide bonds. The number of benzene rings is 1. The second kappa shape index (κ2) is 6.72. The molecule has 0 spiro atoms. The molecule has 1 fully saturated rings. The van der Waals surface area contributed by atoms with Crippen molar-refractivity contribution in [2.45, 2.75) is 6.04 Å². The summed E-state index contributed by atoms with van der Waals surface area (Å²) in [6.45, 7) is 0. The van der Waals surface area contributed by atoms with E-state index in [0.717, 1.165) is 0 Å². The Labute approximate surface area is 144 Å². The van der Waals surface area contributed by atoms with E-state index in [1.165, 1.54) is 26.5 Å². The van der Waals surface area contributed by atoms with Crippen molar-refractivity contribution in [3.63, 3.8) is 0 Å². The summed E-state index contributed by atoms with van der Waals surface area (Å²) in [5.74, 6) is -2.29. The quantitative estimate of drug-likeness (QED) is 0.501. The SMILES string of the molecule is COc1ccc(C(=O)C2C(=O)C(=O)NC2c2cccnc2)cc1OC. The van der Waals surface area contributed by atoms with Gasteiger partial charge in [-0.3, -0.25) is 19.4 Å². The van der Waals surface area contributed by atoms with Crippen LogP contribution >= 0.6 is 0 Å². The van der Waals surface area contributed by atoms with Gasteiger partial charge in [0.1, 0.15) is 5.92 Å². The summed E-state index contributed by atoms with van der Waals surface area (Å²) in [6, 6.07) is 7.28. The van der Waals surface area contributed by atoms with Crippen LogP contribution in [0.2, 0.25) is 0 Å². The van der Waals surface area contributed by atoms with Crippen LogP contribution in [-0.4, -0.2) is 36.7 Å². The zero-order valence-corrected chi connectivity index (χ0v) is 13.7. The summed E-state index contributed by atoms with van der Waals surface area (Å²) in [6.07, 6.45) is 3.10. The highest BCUT2D eigenvalue weighted by molar-refractivity contribution is 6.44. The van der Waals surface area contributed by atoms with Crippen molar-refractivity contribution >= 4 is 17.5 Å². The molecule has 25 heavy (non-hydrogen) atoms. The summed E-state index contributed by atoms with van der Waals surface area (Å²) >= 11 is 0. The number of ether oxygens (including phenoxy) is 2. The summed E-state index contributed by atoms with van der Waals surface area (Å²) in [5, 5.41) is 2.57. The van der Waals surface area contributed by atoms with Gasteiger partial charge in [0.05, 0.1) is 20.3 Å². The fourth-order valence-electron chi connectivity index (χ4n) is 2.86. The molecule has 3 rings (SSSR count). The number of aromatic nitrogens is 1. The van der Waals surface area contributed by atoms with E-state index in [-0.39, 0.29) is 5.56 Å². The highest BCUT2D eigenvalue weighted by atomic mass is 16.5. The largest absolute Gasteiger partial charge is 0.493 e. The van der Waals surface area contributed by atoms with E-state index in [9.17, 15) is 14.4 Å². The van der Waals surface area contributed by atoms with E-state index in [1.807, 2.05) is 0 Å². The maximum atomic E-state index is 12.9. The van der Waals surface area contributed by atoms with E-state index in [4.69, 9.17) is 9.47 Å². The van der Waals surface area contributed by atoms with Gasteiger partial charge < -0.3 is 14.8 Å². The lowest BCUT2D eigenvalue weighted by atomic mass is 9.87. The van der Waals surface area contributed by atoms with Crippen molar-refractivity contribution in [3.8, 4) is 11.5 Å². The smallest absolute Gasteiger partial charge is 0.288 e. The molecule has 7 nitrogen and oxygen atoms in total. The summed E-state index contributed by atoms with van der Waals surface area (Å²) in [7, 11) is 2.94. The van der Waals surface area contributed by atoms with Crippen LogP contribution in [-0.2, 0) is 9.59 Å². The molecular weight excluding hydrogens is 324 g/mol. The van der Waals surface area contributed by atoms with Gasteiger partial charge in [-0.05, 0) is 29.8 Å². The van der Waals surface area contributed by atoms with Gasteiger partial charge in [-0.1, -0.05) is 6.07 Å². The Kier molecular flexibility index (Phi) is 4.47. The summed E-state index contributed by atoms with van der Waals surface area (Å²) < 4.78 is 10.3. The maximum absolute atomic E-state index is 12.9. The minimum atomic E-state index is -1.14. The third kappa shape index (κ3) is 2.96. The van der Waals surface area contributed by atoms with Gasteiger partial charge in [0.15, 0.2) is 17.3 Å². The number of methoxy groups -OCH3 is 2. The Morgan fingerprint density at radius 3 is 2.52 bits per heavy atom. The number of nitrogens with one attached hydrogen (secondary N) is 1. The number of Topliss-reactive ketones (excluding diaryl/α,β-unsaturated/α-hetero) is 2. The topological polar surface area (TPSA) is 94.6 Å². The summed E-state index contributed by atoms with van der Waals surface area (Å²) in [5.41, 5.74) is 0.863. The second-order valence-corrected chi connectivity index (χ2v) is 5.51. The number of rotatable bonds is 5. The van der Waals surface area contributed by atoms with Gasteiger partial charge in [-0.25, -0.2) is 0 Å². The molecule has 128 valence electrons. The number of ketones is 2. The number of hydrogen-bond acceptors (Lipinski definition) is 6. The molecule has 7 heteroatoms. The van der Waals surface area contributed by atoms with Gasteiger partial charge >= 0.3 is 0 Å². The van der Waals surface area contributed by atoms with E-state index >= 15 is 0 Å². The Morgan fingerprint density at radius 2 is 1.88 bits per heavy atom. The number of nitrogens with zero attached hydrogens (tertiary/aromatic N) is 1. The van der Waals surface area contributed by atoms with Crippen LogP contribution in [0.15, 0.2) is 42.7 Å². The molecule has 2 aromatic rings. The van der Waals surface area contributed by atoms with Crippen molar-refractivity contribution in [3.05, 3.63) is 53.9 Å². The molecule has 2 heterocycles. The number of pyridine rings is 1. The Morgan fingerprint density at radius 1 is 1.12 bits per heavy atom. The average Bonchev–Trinajstić information content (AvgIpc) is 2.96. The molecular formula is C18H16N2O5. The zero-order chi connectivity index (χ0) is 18.0. The standard InChI is InChI=1S/C18H16N2O5/c1-24-12-6-5-10(8-13(12)25-2)16(21)14-15(20-18(23)17(14)22)11-4-3-7-19-9-11/h3-9,14-15H,1-2H3,(H,20,23). The summed E-state index contributed by atoms with van der Waals surface area (Å²) in [4.78, 5) is 41.0. The third-order valence-electron chi connectivity index (χ3n) is 4.12. The minimum Gasteiger partial charge on any atom is -0.493 e. The van der Waals surface area contributed by atoms with Gasteiger partial charge in [0, 0.05) is 18.0 Å². The fraction of sp³-hybridized carbons (Fsp3) is 0.222. The highest BCUT2D eigenvalue weighted by Crippen LogP contribution is 2.33. The average molecular weight is 340 g/mol. The van der Waals surface area contributed by atoms with Crippen LogP contribution in [0.5, 0.6) is 11.5 Å². The minimum absolute atomic E-state index is 0.265. The van der Waals surface area contributed by atoms with Crippen molar-refractivity contribution in [1.29, 1.82) is 0 Å². The van der Waals surface area contributed by atoms with E-state index < -0.39 is 29.4 Å². The molecule has 1 aromatic carbocycles. The van der Waals surface area contributed by atoms with Crippen LogP contribution in [0.1, 0.15) is 22.0 Å². The first-order chi connectivity index (χ1) is 12.1. The van der Waals surface area contributed by atoms with Crippen LogP contribution in [0.4, 0.5) is 0 Å². The molecule has 1 aliphatic rings. The van der Waals surface area contributed by atoms with E-state index in [2.05, 4.69) is 10.3 Å². The first-order valence-corrected chi connectivity index (χ1v) is 7.57. The van der Waals surface area contributed by atoms with Crippen LogP contribution in [0.3, 0.4) is 0 Å². The molecule has 2 unspecified atom stereocenters. The molecule has 1 saturated heterocycles. The first kappa shape index (κ1) is 16.6. The van der Waals surface area contributed by atoms with E-state index in [0.29, 0.717) is 17.1 Å². The lowest BCUT2D eigenvalue weighted by Crippen LogP contribution is -2.26. The molecule has 1 aliphatic heterocycles. The second-order valence-electron chi connectivity index (χ2n) is 5.51. The Balaban J connectivity index is 1.99. The number of hydrogen-bond donors (Lipinski definition) is 1. The molecule has 0 bridgehead atoms. The van der Waals surface area contributed by atoms with Crippen molar-refractivity contribution in [1.82, 2.24) is 10.3 Å². The monoisotopic (exact) mass is 340 g/mol. The molecule has 2 atom stereocenters. The number of amides is 1. The van der Waals surface area contributed by atoms with Crippen molar-refractivity contribution in [2.24, 2.45) is 5.92 Å². The van der Waals surface area contributed by atoms with Crippen molar-refractivity contribution in [2.75, 3.05) is 14.2 Å². The lowest BCUT2D eigenvalue weighted by Gasteiger charge is -2.17. The molecule has 1 aromatic heterocycles. The maximum Gasteiger partial charge on any atom is 0.288 e. The van der Waals surface area contributed by atoms with Gasteiger partial charge in [0.2, 0.25) is 5.78 Å². The molecule has 0 saturated carbocycles. The zero-order valence-electron chi connectivity index (χ0n) is 13.7. The third-order valence-corrected chi connectivity index (χ3v) is 4.12. The van der Waals surface area contributed by atoms with Crippen molar-refractivity contribution < 1.29 is 23.9 Å². The first-order valence-electron chi connectivity index (χ1n) is 7.57. The van der Waals surface area contributed by atoms with E-state index in [1.54, 1.807) is 30.5 Å². The number of carbonyl (C=O) groups is 3. The lowest BCUT2D eigenvalue weighted by molar-refractivity contribution is -0.135. The van der Waals surface area contributed by atoms with Crippen LogP contribution in [0, 0.1) is 5.92 Å². The Hall–Kier alpha value is -3.22. The molecule has 1 N–H and O–H groups in total. The molecule has 0 radical (unpaired) electrons. The van der Waals surface area contributed by atoms with Gasteiger partial charge in [0.25, 0.3) is 5.91 Å². The predicted octanol–water partition coefficient (Wildman–Crippen LogP) is 1.34. The van der Waals surface area contributed by atoms with Gasteiger partial charge in [-0.15, -0.1) is 0 Å². The van der Waals surface area contributed by atoms with Crippen LogP contribution < -0.4 is 14.8 Å². The number of carbonyl (C=O) groups excluding carboxylic acids is 3. The van der Waals surface area contributed by atoms with Crippen LogP contribution in [0.25, 0.3) is 0 Å². The normalized spacial score (nSPS) is 19.4. The Bertz CT molecular complexity index is 835. The highest BCUT2D eigenvalue weighted by Gasteiger charge is 2.46. The fourth-order valence-corrected chi connectivity index (χ4v) is 2.86.